The summed E-state index contributed by atoms with van der Waals surface area (Å²) in [7, 11) is 0. The van der Waals surface area contributed by atoms with Crippen LogP contribution in [-0.2, 0) is 21.4 Å². The molecule has 8 heteroatoms. The lowest BCUT2D eigenvalue weighted by atomic mass is 9.66. The molecule has 0 aliphatic rings. The quantitative estimate of drug-likeness (QED) is 0.313. The molecule has 8 nitrogen and oxygen atoms in total. The van der Waals surface area contributed by atoms with Gasteiger partial charge in [-0.3, -0.25) is 0 Å². The maximum atomic E-state index is 12.4. The molecule has 0 bridgehead atoms. The van der Waals surface area contributed by atoms with Gasteiger partial charge >= 0.3 is 18.0 Å². The van der Waals surface area contributed by atoms with Crippen LogP contribution < -0.4 is 11.1 Å². The van der Waals surface area contributed by atoms with Crippen molar-refractivity contribution >= 4 is 18.0 Å². The zero-order valence-electron chi connectivity index (χ0n) is 18.3. The lowest BCUT2D eigenvalue weighted by molar-refractivity contribution is -0.150. The molecule has 3 unspecified atom stereocenters. The van der Waals surface area contributed by atoms with Gasteiger partial charge in [-0.1, -0.05) is 84.9 Å². The van der Waals surface area contributed by atoms with Crippen molar-refractivity contribution in [3.63, 3.8) is 0 Å². The van der Waals surface area contributed by atoms with Crippen molar-refractivity contribution in [3.8, 4) is 11.1 Å². The first kappa shape index (κ1) is 24.5. The standard InChI is InChI=1S/C26H26N2O6/c27-25(34)28-22(24(32)33)26(16-21(29)23(30)31,15-17-7-3-1-4-8-17)20-13-11-19(12-14-20)18-9-5-2-6-10-18/h1-14,21-22,29H,15-16H2,(H,30,31)(H,32,33)(H3,27,28,34). The molecule has 0 spiro atoms. The van der Waals surface area contributed by atoms with Gasteiger partial charge in [-0.15, -0.1) is 0 Å². The van der Waals surface area contributed by atoms with Crippen molar-refractivity contribution in [2.45, 2.75) is 30.4 Å². The normalized spacial score (nSPS) is 14.4. The molecule has 0 aromatic heterocycles. The minimum Gasteiger partial charge on any atom is -0.480 e. The zero-order valence-corrected chi connectivity index (χ0v) is 18.3. The summed E-state index contributed by atoms with van der Waals surface area (Å²) in [6.45, 7) is 0. The van der Waals surface area contributed by atoms with Crippen molar-refractivity contribution in [2.24, 2.45) is 5.73 Å². The summed E-state index contributed by atoms with van der Waals surface area (Å²) in [5.41, 5.74) is 6.72. The number of carboxylic acids is 2. The third-order valence-corrected chi connectivity index (χ3v) is 5.86. The number of carbonyl (C=O) groups excluding carboxylic acids is 1. The van der Waals surface area contributed by atoms with Crippen molar-refractivity contribution in [1.82, 2.24) is 5.32 Å². The van der Waals surface area contributed by atoms with Crippen LogP contribution in [0.5, 0.6) is 0 Å². The van der Waals surface area contributed by atoms with Crippen molar-refractivity contribution in [2.75, 3.05) is 0 Å². The van der Waals surface area contributed by atoms with Gasteiger partial charge in [-0.05, 0) is 35.1 Å². The number of rotatable bonds is 10. The molecule has 0 fully saturated rings. The minimum absolute atomic E-state index is 0.0279. The number of hydrogen-bond donors (Lipinski definition) is 5. The molecule has 3 atom stereocenters. The third-order valence-electron chi connectivity index (χ3n) is 5.86. The molecule has 0 saturated carbocycles. The lowest BCUT2D eigenvalue weighted by Gasteiger charge is -2.40. The SMILES string of the molecule is NC(=O)NC(C(=O)O)C(Cc1ccccc1)(CC(O)C(=O)O)c1ccc(-c2ccccc2)cc1. The van der Waals surface area contributed by atoms with Gasteiger partial charge in [0.2, 0.25) is 0 Å². The van der Waals surface area contributed by atoms with E-state index in [-0.39, 0.29) is 6.42 Å². The van der Waals surface area contributed by atoms with E-state index in [1.54, 1.807) is 54.6 Å². The van der Waals surface area contributed by atoms with E-state index >= 15 is 0 Å². The van der Waals surface area contributed by atoms with Crippen LogP contribution in [0.25, 0.3) is 11.1 Å². The number of urea groups is 1. The van der Waals surface area contributed by atoms with E-state index in [1.807, 2.05) is 30.3 Å². The highest BCUT2D eigenvalue weighted by Crippen LogP contribution is 2.38. The van der Waals surface area contributed by atoms with Gasteiger partial charge in [0.25, 0.3) is 0 Å². The molecular formula is C26H26N2O6. The molecule has 0 radical (unpaired) electrons. The van der Waals surface area contributed by atoms with Gasteiger partial charge in [0.1, 0.15) is 6.04 Å². The summed E-state index contributed by atoms with van der Waals surface area (Å²) < 4.78 is 0. The van der Waals surface area contributed by atoms with E-state index in [1.165, 1.54) is 0 Å². The highest BCUT2D eigenvalue weighted by molar-refractivity contribution is 5.84. The lowest BCUT2D eigenvalue weighted by Crippen LogP contribution is -2.58. The number of hydrogen-bond acceptors (Lipinski definition) is 4. The fraction of sp³-hybridized carbons (Fsp3) is 0.192. The Morgan fingerprint density at radius 2 is 1.32 bits per heavy atom. The summed E-state index contributed by atoms with van der Waals surface area (Å²) in [6.07, 6.45) is -2.33. The van der Waals surface area contributed by atoms with E-state index < -0.39 is 42.0 Å². The topological polar surface area (TPSA) is 150 Å². The fourth-order valence-electron chi connectivity index (χ4n) is 4.27. The van der Waals surface area contributed by atoms with Crippen molar-refractivity contribution < 1.29 is 29.7 Å². The first-order valence-electron chi connectivity index (χ1n) is 10.6. The number of benzene rings is 3. The molecule has 0 aliphatic carbocycles. The molecule has 0 heterocycles. The number of aliphatic carboxylic acids is 2. The highest BCUT2D eigenvalue weighted by atomic mass is 16.4. The number of nitrogens with one attached hydrogen (secondary N) is 1. The monoisotopic (exact) mass is 462 g/mol. The number of nitrogens with two attached hydrogens (primary N) is 1. The number of aliphatic hydroxyl groups excluding tert-OH is 1. The van der Waals surface area contributed by atoms with Gasteiger partial charge in [-0.25, -0.2) is 14.4 Å². The maximum Gasteiger partial charge on any atom is 0.332 e. The third kappa shape index (κ3) is 5.60. The minimum atomic E-state index is -1.88. The number of aliphatic hydroxyl groups is 1. The Bertz CT molecular complexity index is 1130. The van der Waals surface area contributed by atoms with Gasteiger partial charge in [0.15, 0.2) is 6.10 Å². The van der Waals surface area contributed by atoms with E-state index in [0.29, 0.717) is 11.1 Å². The molecular weight excluding hydrogens is 436 g/mol. The number of carbonyl (C=O) groups is 3. The number of amides is 2. The highest BCUT2D eigenvalue weighted by Gasteiger charge is 2.48. The molecule has 3 rings (SSSR count). The Hall–Kier alpha value is -4.17. The van der Waals surface area contributed by atoms with Crippen LogP contribution in [0, 0.1) is 0 Å². The average Bonchev–Trinajstić information content (AvgIpc) is 2.83. The largest absolute Gasteiger partial charge is 0.480 e. The fourth-order valence-corrected chi connectivity index (χ4v) is 4.27. The van der Waals surface area contributed by atoms with Crippen LogP contribution in [0.3, 0.4) is 0 Å². The second-order valence-electron chi connectivity index (χ2n) is 8.10. The van der Waals surface area contributed by atoms with Crippen LogP contribution >= 0.6 is 0 Å². The van der Waals surface area contributed by atoms with Crippen LogP contribution in [0.2, 0.25) is 0 Å². The first-order valence-corrected chi connectivity index (χ1v) is 10.6. The summed E-state index contributed by atoms with van der Waals surface area (Å²) >= 11 is 0. The first-order chi connectivity index (χ1) is 16.2. The van der Waals surface area contributed by atoms with E-state index in [0.717, 1.165) is 11.1 Å². The Morgan fingerprint density at radius 1 is 0.794 bits per heavy atom. The smallest absolute Gasteiger partial charge is 0.332 e. The molecule has 34 heavy (non-hydrogen) atoms. The summed E-state index contributed by atoms with van der Waals surface area (Å²) in [6, 6.07) is 22.7. The predicted octanol–water partition coefficient (Wildman–Crippen LogP) is 2.79. The summed E-state index contributed by atoms with van der Waals surface area (Å²) in [4.78, 5) is 35.8. The van der Waals surface area contributed by atoms with Crippen LogP contribution in [-0.4, -0.2) is 45.4 Å². The van der Waals surface area contributed by atoms with Crippen molar-refractivity contribution in [1.29, 1.82) is 0 Å². The van der Waals surface area contributed by atoms with Crippen LogP contribution in [0.15, 0.2) is 84.9 Å². The van der Waals surface area contributed by atoms with Crippen LogP contribution in [0.1, 0.15) is 17.5 Å². The van der Waals surface area contributed by atoms with Gasteiger partial charge < -0.3 is 26.4 Å². The predicted molar refractivity (Wildman–Crippen MR) is 126 cm³/mol. The number of primary amides is 1. The summed E-state index contributed by atoms with van der Waals surface area (Å²) in [5.74, 6) is -2.90. The summed E-state index contributed by atoms with van der Waals surface area (Å²) in [5, 5.41) is 32.2. The Labute approximate surface area is 196 Å². The Kier molecular flexibility index (Phi) is 7.65. The Balaban J connectivity index is 2.20. The molecule has 176 valence electrons. The molecule has 2 amide bonds. The second-order valence-corrected chi connectivity index (χ2v) is 8.10. The molecule has 3 aromatic carbocycles. The van der Waals surface area contributed by atoms with Crippen LogP contribution in [0.4, 0.5) is 4.79 Å². The average molecular weight is 463 g/mol. The molecule has 6 N–H and O–H groups in total. The molecule has 0 saturated heterocycles. The maximum absolute atomic E-state index is 12.4. The van der Waals surface area contributed by atoms with Crippen molar-refractivity contribution in [3.05, 3.63) is 96.1 Å². The molecule has 0 aliphatic heterocycles. The van der Waals surface area contributed by atoms with Gasteiger partial charge in [-0.2, -0.15) is 0 Å². The zero-order chi connectivity index (χ0) is 24.7. The van der Waals surface area contributed by atoms with Gasteiger partial charge in [0, 0.05) is 5.41 Å². The van der Waals surface area contributed by atoms with E-state index in [4.69, 9.17) is 5.73 Å². The van der Waals surface area contributed by atoms with E-state index in [2.05, 4.69) is 5.32 Å². The second kappa shape index (κ2) is 10.6. The van der Waals surface area contributed by atoms with Gasteiger partial charge in [0.05, 0.1) is 0 Å². The van der Waals surface area contributed by atoms with E-state index in [9.17, 15) is 29.7 Å². The number of carboxylic acid groups (broad SMARTS) is 2. The molecule has 3 aromatic rings. The Morgan fingerprint density at radius 3 is 1.82 bits per heavy atom.